The first-order chi connectivity index (χ1) is 15.9. The van der Waals surface area contributed by atoms with Gasteiger partial charge in [0.25, 0.3) is 11.8 Å². The van der Waals surface area contributed by atoms with Crippen molar-refractivity contribution in [3.05, 3.63) is 94.0 Å². The largest absolute Gasteiger partial charge is 0.497 e. The molecular formula is C24H20BrN3O5. The molecule has 168 valence electrons. The van der Waals surface area contributed by atoms with Crippen LogP contribution in [0.2, 0.25) is 0 Å². The van der Waals surface area contributed by atoms with Crippen LogP contribution in [0.3, 0.4) is 0 Å². The maximum Gasteiger partial charge on any atom is 0.343 e. The van der Waals surface area contributed by atoms with Crippen molar-refractivity contribution in [1.82, 2.24) is 10.7 Å². The zero-order valence-electron chi connectivity index (χ0n) is 17.6. The fourth-order valence-electron chi connectivity index (χ4n) is 2.60. The average Bonchev–Trinajstić information content (AvgIpc) is 2.84. The van der Waals surface area contributed by atoms with Gasteiger partial charge in [0.2, 0.25) is 0 Å². The molecule has 0 heterocycles. The van der Waals surface area contributed by atoms with E-state index in [9.17, 15) is 14.4 Å². The van der Waals surface area contributed by atoms with Gasteiger partial charge < -0.3 is 14.8 Å². The molecule has 0 saturated heterocycles. The molecule has 0 aliphatic rings. The maximum atomic E-state index is 12.1. The number of rotatable bonds is 8. The van der Waals surface area contributed by atoms with Gasteiger partial charge in [-0.3, -0.25) is 9.59 Å². The summed E-state index contributed by atoms with van der Waals surface area (Å²) in [5.74, 6) is -0.314. The molecule has 0 saturated carbocycles. The van der Waals surface area contributed by atoms with E-state index in [-0.39, 0.29) is 12.5 Å². The van der Waals surface area contributed by atoms with Crippen LogP contribution in [0.4, 0.5) is 0 Å². The van der Waals surface area contributed by atoms with E-state index in [4.69, 9.17) is 9.47 Å². The summed E-state index contributed by atoms with van der Waals surface area (Å²) in [6.07, 6.45) is 1.43. The average molecular weight is 510 g/mol. The van der Waals surface area contributed by atoms with Gasteiger partial charge in [0.05, 0.1) is 25.4 Å². The Bertz CT molecular complexity index is 1140. The number of carbonyl (C=O) groups is 3. The summed E-state index contributed by atoms with van der Waals surface area (Å²) in [6.45, 7) is -0.229. The molecule has 3 aromatic carbocycles. The number of methoxy groups -OCH3 is 1. The molecule has 0 bridgehead atoms. The van der Waals surface area contributed by atoms with Crippen LogP contribution >= 0.6 is 15.9 Å². The van der Waals surface area contributed by atoms with Crippen molar-refractivity contribution in [2.75, 3.05) is 13.7 Å². The predicted molar refractivity (Wildman–Crippen MR) is 127 cm³/mol. The van der Waals surface area contributed by atoms with E-state index in [1.54, 1.807) is 72.8 Å². The number of nitrogens with zero attached hydrogens (tertiary/aromatic N) is 1. The first kappa shape index (κ1) is 23.7. The Hall–Kier alpha value is -3.98. The fraction of sp³-hybridized carbons (Fsp3) is 0.0833. The Balaban J connectivity index is 1.43. The topological polar surface area (TPSA) is 106 Å². The fourth-order valence-corrected chi connectivity index (χ4v) is 2.86. The molecular weight excluding hydrogens is 490 g/mol. The number of halogens is 1. The van der Waals surface area contributed by atoms with Crippen molar-refractivity contribution < 1.29 is 23.9 Å². The first-order valence-electron chi connectivity index (χ1n) is 9.76. The highest BCUT2D eigenvalue weighted by Gasteiger charge is 2.09. The van der Waals surface area contributed by atoms with Crippen LogP contribution in [-0.2, 0) is 4.79 Å². The van der Waals surface area contributed by atoms with Gasteiger partial charge >= 0.3 is 5.97 Å². The third-order valence-corrected chi connectivity index (χ3v) is 4.86. The zero-order chi connectivity index (χ0) is 23.6. The molecule has 8 nitrogen and oxygen atoms in total. The van der Waals surface area contributed by atoms with Crippen molar-refractivity contribution in [3.8, 4) is 11.5 Å². The molecule has 9 heteroatoms. The minimum atomic E-state index is -0.479. The smallest absolute Gasteiger partial charge is 0.343 e. The van der Waals surface area contributed by atoms with Crippen LogP contribution < -0.4 is 20.2 Å². The van der Waals surface area contributed by atoms with Crippen LogP contribution in [0.25, 0.3) is 0 Å². The number of amides is 2. The van der Waals surface area contributed by atoms with Crippen LogP contribution in [0.15, 0.2) is 82.4 Å². The van der Waals surface area contributed by atoms with Gasteiger partial charge in [-0.1, -0.05) is 15.9 Å². The second-order valence-corrected chi connectivity index (χ2v) is 7.59. The molecule has 0 spiro atoms. The van der Waals surface area contributed by atoms with Gasteiger partial charge in [-0.2, -0.15) is 5.10 Å². The highest BCUT2D eigenvalue weighted by molar-refractivity contribution is 9.10. The van der Waals surface area contributed by atoms with E-state index in [0.29, 0.717) is 28.2 Å². The normalized spacial score (nSPS) is 10.5. The lowest BCUT2D eigenvalue weighted by Crippen LogP contribution is -2.34. The molecule has 33 heavy (non-hydrogen) atoms. The maximum absolute atomic E-state index is 12.1. The van der Waals surface area contributed by atoms with Crippen LogP contribution in [0, 0.1) is 0 Å². The van der Waals surface area contributed by atoms with E-state index in [1.165, 1.54) is 13.3 Å². The second kappa shape index (κ2) is 11.6. The number of ether oxygens (including phenoxy) is 2. The summed E-state index contributed by atoms with van der Waals surface area (Å²) in [6, 6.07) is 20.0. The molecule has 3 aromatic rings. The van der Waals surface area contributed by atoms with Crippen LogP contribution in [0.1, 0.15) is 26.3 Å². The Morgan fingerprint density at radius 3 is 2.12 bits per heavy atom. The summed E-state index contributed by atoms with van der Waals surface area (Å²) >= 11 is 3.31. The molecule has 0 aromatic heterocycles. The van der Waals surface area contributed by atoms with E-state index >= 15 is 0 Å². The Morgan fingerprint density at radius 1 is 0.879 bits per heavy atom. The van der Waals surface area contributed by atoms with Crippen molar-refractivity contribution >= 4 is 39.9 Å². The lowest BCUT2D eigenvalue weighted by molar-refractivity contribution is -0.120. The third kappa shape index (κ3) is 7.29. The zero-order valence-corrected chi connectivity index (χ0v) is 19.2. The lowest BCUT2D eigenvalue weighted by Gasteiger charge is -2.05. The van der Waals surface area contributed by atoms with E-state index in [1.807, 2.05) is 0 Å². The number of esters is 1. The van der Waals surface area contributed by atoms with Gasteiger partial charge in [-0.05, 0) is 78.4 Å². The third-order valence-electron chi connectivity index (χ3n) is 4.34. The molecule has 0 radical (unpaired) electrons. The summed E-state index contributed by atoms with van der Waals surface area (Å²) in [4.78, 5) is 36.1. The van der Waals surface area contributed by atoms with E-state index < -0.39 is 11.9 Å². The minimum absolute atomic E-state index is 0.229. The number of nitrogens with one attached hydrogen (secondary N) is 2. The molecule has 0 atom stereocenters. The SMILES string of the molecule is COc1ccc(C(=O)NCC(=O)N/N=C/c2ccc(OC(=O)c3ccc(Br)cc3)cc2)cc1. The number of hydrogen-bond acceptors (Lipinski definition) is 6. The van der Waals surface area contributed by atoms with Gasteiger partial charge in [-0.25, -0.2) is 10.2 Å². The Labute approximate surface area is 198 Å². The highest BCUT2D eigenvalue weighted by atomic mass is 79.9. The van der Waals surface area contributed by atoms with Gasteiger partial charge in [0.1, 0.15) is 11.5 Å². The highest BCUT2D eigenvalue weighted by Crippen LogP contribution is 2.16. The van der Waals surface area contributed by atoms with Gasteiger partial charge in [0.15, 0.2) is 0 Å². The first-order valence-corrected chi connectivity index (χ1v) is 10.6. The lowest BCUT2D eigenvalue weighted by atomic mass is 10.2. The summed E-state index contributed by atoms with van der Waals surface area (Å²) < 4.78 is 11.2. The minimum Gasteiger partial charge on any atom is -0.497 e. The summed E-state index contributed by atoms with van der Waals surface area (Å²) in [7, 11) is 1.54. The number of carbonyl (C=O) groups excluding carboxylic acids is 3. The van der Waals surface area contributed by atoms with Crippen molar-refractivity contribution in [3.63, 3.8) is 0 Å². The summed E-state index contributed by atoms with van der Waals surface area (Å²) in [5, 5.41) is 6.37. The molecule has 0 fully saturated rings. The van der Waals surface area contributed by atoms with Crippen molar-refractivity contribution in [1.29, 1.82) is 0 Å². The van der Waals surface area contributed by atoms with Gasteiger partial charge in [-0.15, -0.1) is 0 Å². The standard InChI is InChI=1S/C24H20BrN3O5/c1-32-20-12-6-17(7-13-20)23(30)26-15-22(29)28-27-14-16-2-10-21(11-3-16)33-24(31)18-4-8-19(25)9-5-18/h2-14H,15H2,1H3,(H,26,30)(H,28,29)/b27-14+. The number of benzene rings is 3. The molecule has 0 unspecified atom stereocenters. The Kier molecular flexibility index (Phi) is 8.31. The molecule has 0 aliphatic carbocycles. The van der Waals surface area contributed by atoms with Crippen molar-refractivity contribution in [2.24, 2.45) is 5.10 Å². The van der Waals surface area contributed by atoms with E-state index in [0.717, 1.165) is 4.47 Å². The quantitative estimate of drug-likeness (QED) is 0.209. The monoisotopic (exact) mass is 509 g/mol. The summed E-state index contributed by atoms with van der Waals surface area (Å²) in [5.41, 5.74) is 3.86. The second-order valence-electron chi connectivity index (χ2n) is 6.67. The molecule has 3 rings (SSSR count). The van der Waals surface area contributed by atoms with Gasteiger partial charge in [0, 0.05) is 10.0 Å². The predicted octanol–water partition coefficient (Wildman–Crippen LogP) is 3.56. The number of hydrazone groups is 1. The Morgan fingerprint density at radius 2 is 1.48 bits per heavy atom. The molecule has 0 aliphatic heterocycles. The van der Waals surface area contributed by atoms with Crippen molar-refractivity contribution in [2.45, 2.75) is 0 Å². The van der Waals surface area contributed by atoms with Crippen LogP contribution in [-0.4, -0.2) is 37.7 Å². The van der Waals surface area contributed by atoms with Crippen LogP contribution in [0.5, 0.6) is 11.5 Å². The molecule has 2 N–H and O–H groups in total. The number of hydrogen-bond donors (Lipinski definition) is 2. The molecule has 2 amide bonds. The van der Waals surface area contributed by atoms with E-state index in [2.05, 4.69) is 31.8 Å².